The van der Waals surface area contributed by atoms with Crippen LogP contribution in [0.1, 0.15) is 116 Å². The zero-order valence-electron chi connectivity index (χ0n) is 23.3. The van der Waals surface area contributed by atoms with Gasteiger partial charge in [-0.1, -0.05) is 90.6 Å². The minimum absolute atomic E-state index is 0.311. The summed E-state index contributed by atoms with van der Waals surface area (Å²) in [6.45, 7) is 9.10. The first-order chi connectivity index (χ1) is 17.5. The fourth-order valence-corrected chi connectivity index (χ4v) is 5.12. The molecule has 0 bridgehead atoms. The first-order valence-corrected chi connectivity index (χ1v) is 15.1. The molecule has 1 unspecified atom stereocenters. The number of nitrogens with zero attached hydrogens (tertiary/aromatic N) is 3. The Kier molecular flexibility index (Phi) is 15.0. The van der Waals surface area contributed by atoms with Gasteiger partial charge < -0.3 is 14.2 Å². The molecular weight excluding hydrogens is 474 g/mol. The average Bonchev–Trinajstić information content (AvgIpc) is 3.33. The van der Waals surface area contributed by atoms with Gasteiger partial charge in [0.2, 0.25) is 6.23 Å². The summed E-state index contributed by atoms with van der Waals surface area (Å²) < 4.78 is 26.5. The highest BCUT2D eigenvalue weighted by Gasteiger charge is 2.37. The number of hydrogen-bond acceptors (Lipinski definition) is 7. The molecule has 0 fully saturated rings. The quantitative estimate of drug-likeness (QED) is 0.105. The number of hydrogen-bond donors (Lipinski definition) is 0. The number of carbonyl (C=O) groups is 1. The Balaban J connectivity index is 1.70. The van der Waals surface area contributed by atoms with Gasteiger partial charge in [0.15, 0.2) is 0 Å². The molecule has 0 aliphatic carbocycles. The molecule has 2 rings (SSSR count). The van der Waals surface area contributed by atoms with Crippen molar-refractivity contribution in [2.24, 2.45) is 0 Å². The zero-order chi connectivity index (χ0) is 26.1. The van der Waals surface area contributed by atoms with E-state index in [0.717, 1.165) is 43.5 Å². The molecule has 2 heterocycles. The van der Waals surface area contributed by atoms with Crippen molar-refractivity contribution in [3.05, 3.63) is 11.8 Å². The van der Waals surface area contributed by atoms with Gasteiger partial charge in [0.25, 0.3) is 5.88 Å². The van der Waals surface area contributed by atoms with Crippen LogP contribution in [0.15, 0.2) is 6.08 Å². The van der Waals surface area contributed by atoms with Gasteiger partial charge in [-0.3, -0.25) is 4.48 Å². The molecule has 7 nitrogen and oxygen atoms in total. The van der Waals surface area contributed by atoms with Crippen molar-refractivity contribution >= 4 is 23.5 Å². The summed E-state index contributed by atoms with van der Waals surface area (Å²) in [6, 6.07) is 0. The van der Waals surface area contributed by atoms with Gasteiger partial charge in [0.1, 0.15) is 12.2 Å². The number of aromatic nitrogens is 2. The number of rotatable bonds is 19. The van der Waals surface area contributed by atoms with Crippen molar-refractivity contribution in [1.29, 1.82) is 0 Å². The first-order valence-electron chi connectivity index (χ1n) is 14.3. The molecule has 1 aliphatic rings. The maximum absolute atomic E-state index is 12.3. The van der Waals surface area contributed by atoms with Crippen LogP contribution in [-0.2, 0) is 9.47 Å². The standard InChI is InChI=1S/C28H50N3O4S/c1-5-7-9-11-12-13-14-15-17-22-34-28(32)35-24(3)31(4)20-18-19-25(23-31)26-27(30-36-29-26)33-21-16-10-8-6-2/h19,24H,5-18,20-23H2,1-4H3/q+1/t24-,31?/m1/s1. The minimum atomic E-state index is -0.566. The molecule has 0 radical (unpaired) electrons. The number of carbonyl (C=O) groups excluding carboxylic acids is 1. The predicted molar refractivity (Wildman–Crippen MR) is 147 cm³/mol. The molecule has 0 saturated heterocycles. The van der Waals surface area contributed by atoms with E-state index in [1.54, 1.807) is 0 Å². The van der Waals surface area contributed by atoms with E-state index >= 15 is 0 Å². The maximum atomic E-state index is 12.3. The molecule has 8 heteroatoms. The molecule has 206 valence electrons. The number of unbranched alkanes of at least 4 members (excludes halogenated alkanes) is 11. The minimum Gasteiger partial charge on any atom is -0.475 e. The highest BCUT2D eigenvalue weighted by Crippen LogP contribution is 2.31. The highest BCUT2D eigenvalue weighted by molar-refractivity contribution is 6.99. The second-order valence-corrected chi connectivity index (χ2v) is 10.9. The Hall–Kier alpha value is -1.67. The molecule has 0 N–H and O–H groups in total. The number of likely N-dealkylation sites (N-methyl/N-ethyl adjacent to an activating group) is 1. The monoisotopic (exact) mass is 524 g/mol. The lowest BCUT2D eigenvalue weighted by Gasteiger charge is -2.41. The lowest BCUT2D eigenvalue weighted by molar-refractivity contribution is -0.944. The van der Waals surface area contributed by atoms with E-state index in [1.165, 1.54) is 75.9 Å². The van der Waals surface area contributed by atoms with Gasteiger partial charge in [0.05, 0.1) is 38.5 Å². The van der Waals surface area contributed by atoms with Crippen molar-refractivity contribution in [2.45, 2.75) is 117 Å². The fourth-order valence-electron chi connectivity index (χ4n) is 4.59. The first kappa shape index (κ1) is 30.6. The Bertz CT molecular complexity index is 770. The summed E-state index contributed by atoms with van der Waals surface area (Å²) in [6.07, 6.45) is 18.0. The third kappa shape index (κ3) is 11.2. The van der Waals surface area contributed by atoms with Crippen LogP contribution in [0.2, 0.25) is 0 Å². The van der Waals surface area contributed by atoms with E-state index in [2.05, 4.69) is 35.7 Å². The van der Waals surface area contributed by atoms with Gasteiger partial charge in [-0.05, 0) is 12.8 Å². The molecular formula is C28H50N3O4S+. The van der Waals surface area contributed by atoms with E-state index in [4.69, 9.17) is 14.2 Å². The predicted octanol–water partition coefficient (Wildman–Crippen LogP) is 7.76. The van der Waals surface area contributed by atoms with Gasteiger partial charge in [-0.15, -0.1) is 4.37 Å². The highest BCUT2D eigenvalue weighted by atomic mass is 32.1. The Morgan fingerprint density at radius 1 is 0.944 bits per heavy atom. The van der Waals surface area contributed by atoms with E-state index in [9.17, 15) is 4.79 Å². The third-order valence-corrected chi connectivity index (χ3v) is 7.69. The fraction of sp³-hybridized carbons (Fsp3) is 0.821. The molecule has 1 aromatic heterocycles. The van der Waals surface area contributed by atoms with Crippen molar-refractivity contribution < 1.29 is 23.5 Å². The molecule has 0 amide bonds. The van der Waals surface area contributed by atoms with Gasteiger partial charge >= 0.3 is 6.16 Å². The number of ether oxygens (including phenoxy) is 3. The summed E-state index contributed by atoms with van der Waals surface area (Å²) in [4.78, 5) is 12.3. The topological polar surface area (TPSA) is 70.5 Å². The van der Waals surface area contributed by atoms with Crippen molar-refractivity contribution in [3.8, 4) is 5.88 Å². The zero-order valence-corrected chi connectivity index (χ0v) is 24.1. The summed E-state index contributed by atoms with van der Waals surface area (Å²) >= 11 is 1.19. The average molecular weight is 525 g/mol. The van der Waals surface area contributed by atoms with Crippen molar-refractivity contribution in [2.75, 3.05) is 33.4 Å². The SMILES string of the molecule is CCCCCCCCCCCOC(=O)O[C@H](C)[N+]1(C)CCC=C(c2nsnc2OCCCCCC)C1. The summed E-state index contributed by atoms with van der Waals surface area (Å²) in [7, 11) is 2.12. The summed E-state index contributed by atoms with van der Waals surface area (Å²) in [5, 5.41) is 0. The van der Waals surface area contributed by atoms with Crippen LogP contribution < -0.4 is 4.74 Å². The smallest absolute Gasteiger partial charge is 0.475 e. The van der Waals surface area contributed by atoms with Gasteiger partial charge in [-0.2, -0.15) is 4.37 Å². The second kappa shape index (κ2) is 17.7. The van der Waals surface area contributed by atoms with Crippen molar-refractivity contribution in [3.63, 3.8) is 0 Å². The molecule has 0 aromatic carbocycles. The molecule has 36 heavy (non-hydrogen) atoms. The Morgan fingerprint density at radius 3 is 2.25 bits per heavy atom. The number of quaternary nitrogens is 1. The molecule has 0 saturated carbocycles. The van der Waals surface area contributed by atoms with Crippen LogP contribution >= 0.6 is 11.7 Å². The van der Waals surface area contributed by atoms with Crippen LogP contribution in [0.4, 0.5) is 4.79 Å². The van der Waals surface area contributed by atoms with E-state index in [-0.39, 0.29) is 6.23 Å². The second-order valence-electron chi connectivity index (χ2n) is 10.4. The van der Waals surface area contributed by atoms with E-state index in [1.807, 2.05) is 6.92 Å². The summed E-state index contributed by atoms with van der Waals surface area (Å²) in [5.74, 6) is 0.630. The van der Waals surface area contributed by atoms with Crippen LogP contribution in [0.25, 0.3) is 5.57 Å². The molecule has 2 atom stereocenters. The van der Waals surface area contributed by atoms with E-state index in [0.29, 0.717) is 30.1 Å². The van der Waals surface area contributed by atoms with Gasteiger partial charge in [0, 0.05) is 18.9 Å². The third-order valence-electron chi connectivity index (χ3n) is 7.17. The van der Waals surface area contributed by atoms with Crippen LogP contribution in [0, 0.1) is 0 Å². The normalized spacial score (nSPS) is 18.5. The largest absolute Gasteiger partial charge is 0.512 e. The molecule has 1 aromatic rings. The molecule has 1 aliphatic heterocycles. The van der Waals surface area contributed by atoms with Crippen molar-refractivity contribution in [1.82, 2.24) is 8.75 Å². The van der Waals surface area contributed by atoms with E-state index < -0.39 is 6.16 Å². The lowest BCUT2D eigenvalue weighted by atomic mass is 10.0. The van der Waals surface area contributed by atoms with Crippen LogP contribution in [0.5, 0.6) is 5.88 Å². The Labute approximate surface area is 223 Å². The van der Waals surface area contributed by atoms with Crippen LogP contribution in [-0.4, -0.2) is 59.0 Å². The maximum Gasteiger partial charge on any atom is 0.512 e. The van der Waals surface area contributed by atoms with Crippen LogP contribution in [0.3, 0.4) is 0 Å². The summed E-state index contributed by atoms with van der Waals surface area (Å²) in [5.41, 5.74) is 1.94. The lowest BCUT2D eigenvalue weighted by Crippen LogP contribution is -2.55. The molecule has 0 spiro atoms. The Morgan fingerprint density at radius 2 is 1.56 bits per heavy atom. The van der Waals surface area contributed by atoms with Gasteiger partial charge in [-0.25, -0.2) is 4.79 Å².